The molecule has 0 N–H and O–H groups in total. The van der Waals surface area contributed by atoms with Crippen molar-refractivity contribution in [2.75, 3.05) is 31.1 Å². The Morgan fingerprint density at radius 1 is 1.35 bits per heavy atom. The number of amides is 2. The fraction of sp³-hybridized carbons (Fsp3) is 0.421. The molecule has 0 bridgehead atoms. The molecule has 2 aliphatic rings. The molecule has 4 rings (SSSR count). The molecule has 0 radical (unpaired) electrons. The van der Waals surface area contributed by atoms with Crippen LogP contribution in [-0.4, -0.2) is 58.3 Å². The van der Waals surface area contributed by atoms with Gasteiger partial charge in [-0.1, -0.05) is 0 Å². The van der Waals surface area contributed by atoms with Crippen molar-refractivity contribution in [2.24, 2.45) is 0 Å². The average Bonchev–Trinajstić information content (AvgIpc) is 3.28. The standard InChI is InChI=1S/C19H22N4O2S/c1-15(24)23-11-18(25)22(17-3-2-6-20-9-17)14-19(23)5-7-21(13-19)10-16-4-8-26-12-16/h2-4,6,8-9,12H,5,7,10-11,13-14H2,1H3/t19-/m1/s1. The van der Waals surface area contributed by atoms with E-state index in [2.05, 4.69) is 26.7 Å². The highest BCUT2D eigenvalue weighted by Crippen LogP contribution is 2.35. The van der Waals surface area contributed by atoms with Gasteiger partial charge < -0.3 is 9.80 Å². The van der Waals surface area contributed by atoms with Crippen LogP contribution in [0.25, 0.3) is 0 Å². The van der Waals surface area contributed by atoms with Crippen molar-refractivity contribution in [1.29, 1.82) is 0 Å². The fourth-order valence-corrected chi connectivity index (χ4v) is 4.78. The molecule has 2 aromatic heterocycles. The van der Waals surface area contributed by atoms with Crippen LogP contribution in [0.4, 0.5) is 5.69 Å². The van der Waals surface area contributed by atoms with Gasteiger partial charge in [-0.05, 0) is 40.9 Å². The lowest BCUT2D eigenvalue weighted by molar-refractivity contribution is -0.142. The van der Waals surface area contributed by atoms with Crippen molar-refractivity contribution < 1.29 is 9.59 Å². The van der Waals surface area contributed by atoms with Crippen molar-refractivity contribution in [3.05, 3.63) is 46.9 Å². The summed E-state index contributed by atoms with van der Waals surface area (Å²) < 4.78 is 0. The van der Waals surface area contributed by atoms with E-state index in [0.717, 1.165) is 31.7 Å². The van der Waals surface area contributed by atoms with E-state index in [1.54, 1.807) is 40.5 Å². The lowest BCUT2D eigenvalue weighted by Gasteiger charge is -2.48. The Hall–Kier alpha value is -2.25. The molecule has 0 aromatic carbocycles. The van der Waals surface area contributed by atoms with Crippen LogP contribution in [0.1, 0.15) is 18.9 Å². The minimum Gasteiger partial charge on any atom is -0.325 e. The quantitative estimate of drug-likeness (QED) is 0.829. The topological polar surface area (TPSA) is 56.8 Å². The molecular formula is C19H22N4O2S. The first kappa shape index (κ1) is 17.2. The SMILES string of the molecule is CC(=O)N1CC(=O)N(c2cccnc2)C[C@]12CCN(Cc1ccsc1)C2. The Morgan fingerprint density at radius 3 is 2.92 bits per heavy atom. The number of anilines is 1. The first-order chi connectivity index (χ1) is 12.6. The third-order valence-corrected chi connectivity index (χ3v) is 6.09. The Labute approximate surface area is 157 Å². The number of pyridine rings is 1. The average molecular weight is 370 g/mol. The van der Waals surface area contributed by atoms with E-state index in [4.69, 9.17) is 0 Å². The Balaban J connectivity index is 1.59. The van der Waals surface area contributed by atoms with Gasteiger partial charge >= 0.3 is 0 Å². The van der Waals surface area contributed by atoms with Crippen LogP contribution >= 0.6 is 11.3 Å². The molecule has 6 nitrogen and oxygen atoms in total. The summed E-state index contributed by atoms with van der Waals surface area (Å²) in [6, 6.07) is 5.88. The summed E-state index contributed by atoms with van der Waals surface area (Å²) in [4.78, 5) is 35.1. The minimum atomic E-state index is -0.328. The molecule has 0 saturated carbocycles. The number of hydrogen-bond acceptors (Lipinski definition) is 5. The normalized spacial score (nSPS) is 23.8. The molecule has 2 fully saturated rings. The predicted molar refractivity (Wildman–Crippen MR) is 101 cm³/mol. The van der Waals surface area contributed by atoms with Crippen LogP contribution in [0.15, 0.2) is 41.4 Å². The van der Waals surface area contributed by atoms with Crippen LogP contribution in [-0.2, 0) is 16.1 Å². The first-order valence-electron chi connectivity index (χ1n) is 8.79. The van der Waals surface area contributed by atoms with Crippen molar-refractivity contribution >= 4 is 28.8 Å². The van der Waals surface area contributed by atoms with E-state index in [1.165, 1.54) is 5.56 Å². The van der Waals surface area contributed by atoms with Crippen LogP contribution in [0.2, 0.25) is 0 Å². The third kappa shape index (κ3) is 3.12. The second-order valence-electron chi connectivity index (χ2n) is 7.11. The number of aromatic nitrogens is 1. The van der Waals surface area contributed by atoms with E-state index in [1.807, 2.05) is 12.1 Å². The molecule has 2 aliphatic heterocycles. The van der Waals surface area contributed by atoms with Crippen molar-refractivity contribution in [3.63, 3.8) is 0 Å². The van der Waals surface area contributed by atoms with Gasteiger partial charge in [0, 0.05) is 32.8 Å². The summed E-state index contributed by atoms with van der Waals surface area (Å²) in [5.41, 5.74) is 1.78. The van der Waals surface area contributed by atoms with E-state index >= 15 is 0 Å². The summed E-state index contributed by atoms with van der Waals surface area (Å²) >= 11 is 1.70. The van der Waals surface area contributed by atoms with Crippen LogP contribution in [0.3, 0.4) is 0 Å². The van der Waals surface area contributed by atoms with Crippen LogP contribution < -0.4 is 4.90 Å². The van der Waals surface area contributed by atoms with Crippen LogP contribution in [0, 0.1) is 0 Å². The number of hydrogen-bond donors (Lipinski definition) is 0. The summed E-state index contributed by atoms with van der Waals surface area (Å²) in [5.74, 6) is -0.0725. The van der Waals surface area contributed by atoms with Gasteiger partial charge in [-0.2, -0.15) is 11.3 Å². The van der Waals surface area contributed by atoms with Crippen molar-refractivity contribution in [3.8, 4) is 0 Å². The summed E-state index contributed by atoms with van der Waals surface area (Å²) in [6.45, 7) is 4.82. The van der Waals surface area contributed by atoms with Crippen LogP contribution in [0.5, 0.6) is 0 Å². The molecule has 2 amide bonds. The molecular weight excluding hydrogens is 348 g/mol. The van der Waals surface area contributed by atoms with Crippen molar-refractivity contribution in [1.82, 2.24) is 14.8 Å². The molecule has 26 heavy (non-hydrogen) atoms. The van der Waals surface area contributed by atoms with Gasteiger partial charge in [-0.3, -0.25) is 19.5 Å². The Kier molecular flexibility index (Phi) is 4.50. The minimum absolute atomic E-state index is 0.0263. The molecule has 7 heteroatoms. The zero-order valence-electron chi connectivity index (χ0n) is 14.8. The number of carbonyl (C=O) groups excluding carboxylic acids is 2. The monoisotopic (exact) mass is 370 g/mol. The number of likely N-dealkylation sites (tertiary alicyclic amines) is 1. The number of nitrogens with zero attached hydrogens (tertiary/aromatic N) is 4. The fourth-order valence-electron chi connectivity index (χ4n) is 4.12. The summed E-state index contributed by atoms with van der Waals surface area (Å²) in [6.07, 6.45) is 4.29. The number of rotatable bonds is 3. The van der Waals surface area contributed by atoms with Gasteiger partial charge in [0.1, 0.15) is 6.54 Å². The van der Waals surface area contributed by atoms with E-state index in [0.29, 0.717) is 6.54 Å². The lowest BCUT2D eigenvalue weighted by atomic mass is 9.92. The largest absolute Gasteiger partial charge is 0.325 e. The maximum Gasteiger partial charge on any atom is 0.246 e. The maximum atomic E-state index is 12.7. The molecule has 1 atom stereocenters. The summed E-state index contributed by atoms with van der Waals surface area (Å²) in [7, 11) is 0. The Bertz CT molecular complexity index is 795. The van der Waals surface area contributed by atoms with Gasteiger partial charge in [0.2, 0.25) is 11.8 Å². The predicted octanol–water partition coefficient (Wildman–Crippen LogP) is 1.98. The first-order valence-corrected chi connectivity index (χ1v) is 9.74. The van der Waals surface area contributed by atoms with E-state index in [-0.39, 0.29) is 23.9 Å². The van der Waals surface area contributed by atoms with Gasteiger partial charge in [-0.15, -0.1) is 0 Å². The zero-order valence-corrected chi connectivity index (χ0v) is 15.6. The number of carbonyl (C=O) groups is 2. The van der Waals surface area contributed by atoms with Gasteiger partial charge in [-0.25, -0.2) is 0 Å². The molecule has 1 spiro atoms. The molecule has 2 aromatic rings. The number of thiophene rings is 1. The highest BCUT2D eigenvalue weighted by Gasteiger charge is 2.50. The van der Waals surface area contributed by atoms with Gasteiger partial charge in [0.25, 0.3) is 0 Å². The highest BCUT2D eigenvalue weighted by atomic mass is 32.1. The third-order valence-electron chi connectivity index (χ3n) is 5.35. The molecule has 4 heterocycles. The number of piperazine rings is 1. The Morgan fingerprint density at radius 2 is 2.23 bits per heavy atom. The van der Waals surface area contributed by atoms with E-state index < -0.39 is 0 Å². The molecule has 0 aliphatic carbocycles. The second kappa shape index (κ2) is 6.81. The van der Waals surface area contributed by atoms with Crippen molar-refractivity contribution in [2.45, 2.75) is 25.4 Å². The van der Waals surface area contributed by atoms with Gasteiger partial charge in [0.15, 0.2) is 0 Å². The smallest absolute Gasteiger partial charge is 0.246 e. The molecule has 2 saturated heterocycles. The maximum absolute atomic E-state index is 12.7. The lowest BCUT2D eigenvalue weighted by Crippen LogP contribution is -2.66. The highest BCUT2D eigenvalue weighted by molar-refractivity contribution is 7.07. The molecule has 136 valence electrons. The van der Waals surface area contributed by atoms with Gasteiger partial charge in [0.05, 0.1) is 24.0 Å². The second-order valence-corrected chi connectivity index (χ2v) is 7.89. The van der Waals surface area contributed by atoms with E-state index in [9.17, 15) is 9.59 Å². The zero-order chi connectivity index (χ0) is 18.1. The molecule has 0 unspecified atom stereocenters. The summed E-state index contributed by atoms with van der Waals surface area (Å²) in [5, 5.41) is 4.26.